The van der Waals surface area contributed by atoms with Crippen molar-refractivity contribution in [2.75, 3.05) is 32.7 Å². The number of amides is 1. The summed E-state index contributed by atoms with van der Waals surface area (Å²) in [4.78, 5) is 14.0. The van der Waals surface area contributed by atoms with Crippen LogP contribution in [0.1, 0.15) is 33.6 Å². The summed E-state index contributed by atoms with van der Waals surface area (Å²) < 4.78 is 0. The highest BCUT2D eigenvalue weighted by molar-refractivity contribution is 5.78. The van der Waals surface area contributed by atoms with Crippen LogP contribution in [-0.4, -0.2) is 49.6 Å². The Balaban J connectivity index is 1.99. The molecule has 0 bridgehead atoms. The first-order valence-corrected chi connectivity index (χ1v) is 6.82. The molecular weight excluding hydrogens is 214 g/mol. The maximum absolute atomic E-state index is 11.6. The molecule has 2 N–H and O–H groups in total. The van der Waals surface area contributed by atoms with Gasteiger partial charge in [0.2, 0.25) is 5.91 Å². The second-order valence-electron chi connectivity index (χ2n) is 5.33. The van der Waals surface area contributed by atoms with Crippen LogP contribution in [-0.2, 0) is 4.79 Å². The number of likely N-dealkylation sites (tertiary alicyclic amines) is 1. The first-order chi connectivity index (χ1) is 8.09. The largest absolute Gasteiger partial charge is 0.352 e. The second-order valence-corrected chi connectivity index (χ2v) is 5.33. The molecule has 100 valence electrons. The van der Waals surface area contributed by atoms with Crippen LogP contribution in [0.15, 0.2) is 0 Å². The Morgan fingerprint density at radius 2 is 1.88 bits per heavy atom. The minimum atomic E-state index is 0.104. The van der Waals surface area contributed by atoms with Gasteiger partial charge in [0.15, 0.2) is 0 Å². The zero-order valence-corrected chi connectivity index (χ0v) is 11.5. The predicted octanol–water partition coefficient (Wildman–Crippen LogP) is 0.833. The molecule has 1 atom stereocenters. The summed E-state index contributed by atoms with van der Waals surface area (Å²) >= 11 is 0. The standard InChI is InChI=1S/C13H27N3O/c1-11(2)12(3)15-13(17)10-14-6-9-16-7-4-5-8-16/h11-12,14H,4-10H2,1-3H3,(H,15,17). The molecule has 0 aromatic rings. The fourth-order valence-corrected chi connectivity index (χ4v) is 1.92. The highest BCUT2D eigenvalue weighted by Gasteiger charge is 2.12. The molecule has 0 aliphatic carbocycles. The summed E-state index contributed by atoms with van der Waals surface area (Å²) in [5, 5.41) is 6.20. The topological polar surface area (TPSA) is 44.4 Å². The molecule has 1 fully saturated rings. The maximum Gasteiger partial charge on any atom is 0.234 e. The zero-order valence-electron chi connectivity index (χ0n) is 11.5. The molecule has 0 radical (unpaired) electrons. The number of nitrogens with zero attached hydrogens (tertiary/aromatic N) is 1. The van der Waals surface area contributed by atoms with Gasteiger partial charge in [-0.3, -0.25) is 4.79 Å². The molecule has 1 unspecified atom stereocenters. The van der Waals surface area contributed by atoms with Gasteiger partial charge in [0.25, 0.3) is 0 Å². The van der Waals surface area contributed by atoms with E-state index >= 15 is 0 Å². The van der Waals surface area contributed by atoms with Crippen LogP contribution < -0.4 is 10.6 Å². The normalized spacial score (nSPS) is 18.6. The van der Waals surface area contributed by atoms with Crippen LogP contribution in [0, 0.1) is 5.92 Å². The first-order valence-electron chi connectivity index (χ1n) is 6.82. The van der Waals surface area contributed by atoms with Gasteiger partial charge in [-0.2, -0.15) is 0 Å². The quantitative estimate of drug-likeness (QED) is 0.649. The van der Waals surface area contributed by atoms with Gasteiger partial charge in [-0.25, -0.2) is 0 Å². The van der Waals surface area contributed by atoms with E-state index in [0.717, 1.165) is 13.1 Å². The SMILES string of the molecule is CC(C)C(C)NC(=O)CNCCN1CCCC1. The lowest BCUT2D eigenvalue weighted by atomic mass is 10.1. The second kappa shape index (κ2) is 7.67. The van der Waals surface area contributed by atoms with Crippen LogP contribution in [0.25, 0.3) is 0 Å². The van der Waals surface area contributed by atoms with Crippen LogP contribution in [0.2, 0.25) is 0 Å². The Bertz CT molecular complexity index is 225. The van der Waals surface area contributed by atoms with Gasteiger partial charge in [-0.1, -0.05) is 13.8 Å². The summed E-state index contributed by atoms with van der Waals surface area (Å²) in [6.07, 6.45) is 2.65. The summed E-state index contributed by atoms with van der Waals surface area (Å²) in [6, 6.07) is 0.253. The molecule has 1 aliphatic heterocycles. The number of carbonyl (C=O) groups is 1. The van der Waals surface area contributed by atoms with Crippen molar-refractivity contribution >= 4 is 5.91 Å². The van der Waals surface area contributed by atoms with E-state index in [4.69, 9.17) is 0 Å². The molecule has 1 saturated heterocycles. The summed E-state index contributed by atoms with van der Waals surface area (Å²) in [5.41, 5.74) is 0. The Hall–Kier alpha value is -0.610. The molecule has 0 spiro atoms. The van der Waals surface area contributed by atoms with E-state index in [0.29, 0.717) is 12.5 Å². The molecule has 1 rings (SSSR count). The average molecular weight is 241 g/mol. The first kappa shape index (κ1) is 14.5. The van der Waals surface area contributed by atoms with Crippen molar-refractivity contribution in [3.8, 4) is 0 Å². The lowest BCUT2D eigenvalue weighted by Crippen LogP contribution is -2.42. The predicted molar refractivity (Wildman–Crippen MR) is 71.0 cm³/mol. The van der Waals surface area contributed by atoms with Gasteiger partial charge in [0.1, 0.15) is 0 Å². The van der Waals surface area contributed by atoms with Crippen molar-refractivity contribution < 1.29 is 4.79 Å². The molecule has 1 amide bonds. The molecule has 1 aliphatic rings. The number of nitrogens with one attached hydrogen (secondary N) is 2. The molecule has 4 heteroatoms. The third-order valence-electron chi connectivity index (χ3n) is 3.48. The minimum absolute atomic E-state index is 0.104. The number of rotatable bonds is 7. The van der Waals surface area contributed by atoms with Crippen molar-refractivity contribution in [1.29, 1.82) is 0 Å². The highest BCUT2D eigenvalue weighted by atomic mass is 16.1. The average Bonchev–Trinajstić information content (AvgIpc) is 2.77. The molecule has 0 saturated carbocycles. The van der Waals surface area contributed by atoms with E-state index in [1.807, 2.05) is 6.92 Å². The Morgan fingerprint density at radius 3 is 2.47 bits per heavy atom. The van der Waals surface area contributed by atoms with E-state index in [-0.39, 0.29) is 11.9 Å². The van der Waals surface area contributed by atoms with Gasteiger partial charge in [0, 0.05) is 19.1 Å². The van der Waals surface area contributed by atoms with Gasteiger partial charge >= 0.3 is 0 Å². The smallest absolute Gasteiger partial charge is 0.234 e. The fraction of sp³-hybridized carbons (Fsp3) is 0.923. The number of hydrogen-bond acceptors (Lipinski definition) is 3. The van der Waals surface area contributed by atoms with Gasteiger partial charge in [-0.15, -0.1) is 0 Å². The van der Waals surface area contributed by atoms with Crippen LogP contribution in [0.5, 0.6) is 0 Å². The van der Waals surface area contributed by atoms with Crippen molar-refractivity contribution in [2.45, 2.75) is 39.7 Å². The molecule has 17 heavy (non-hydrogen) atoms. The van der Waals surface area contributed by atoms with E-state index in [1.165, 1.54) is 25.9 Å². The lowest BCUT2D eigenvalue weighted by Gasteiger charge is -2.18. The molecule has 4 nitrogen and oxygen atoms in total. The van der Waals surface area contributed by atoms with E-state index in [2.05, 4.69) is 29.4 Å². The van der Waals surface area contributed by atoms with Crippen molar-refractivity contribution in [3.05, 3.63) is 0 Å². The third-order valence-corrected chi connectivity index (χ3v) is 3.48. The maximum atomic E-state index is 11.6. The molecular formula is C13H27N3O. The Morgan fingerprint density at radius 1 is 1.24 bits per heavy atom. The summed E-state index contributed by atoms with van der Waals surface area (Å²) in [6.45, 7) is 11.1. The Labute approximate surface area is 105 Å². The van der Waals surface area contributed by atoms with Crippen LogP contribution >= 0.6 is 0 Å². The van der Waals surface area contributed by atoms with Gasteiger partial charge in [0.05, 0.1) is 6.54 Å². The van der Waals surface area contributed by atoms with Crippen molar-refractivity contribution in [1.82, 2.24) is 15.5 Å². The summed E-state index contributed by atoms with van der Waals surface area (Å²) in [5.74, 6) is 0.594. The van der Waals surface area contributed by atoms with Crippen molar-refractivity contribution in [3.63, 3.8) is 0 Å². The van der Waals surface area contributed by atoms with E-state index < -0.39 is 0 Å². The lowest BCUT2D eigenvalue weighted by molar-refractivity contribution is -0.121. The fourth-order valence-electron chi connectivity index (χ4n) is 1.92. The van der Waals surface area contributed by atoms with Crippen LogP contribution in [0.4, 0.5) is 0 Å². The van der Waals surface area contributed by atoms with Gasteiger partial charge in [-0.05, 0) is 38.8 Å². The highest BCUT2D eigenvalue weighted by Crippen LogP contribution is 2.05. The zero-order chi connectivity index (χ0) is 12.7. The summed E-state index contributed by atoms with van der Waals surface area (Å²) in [7, 11) is 0. The molecule has 0 aromatic carbocycles. The third kappa shape index (κ3) is 6.03. The molecule has 1 heterocycles. The number of carbonyl (C=O) groups excluding carboxylic acids is 1. The van der Waals surface area contributed by atoms with Crippen molar-refractivity contribution in [2.24, 2.45) is 5.92 Å². The van der Waals surface area contributed by atoms with E-state index in [9.17, 15) is 4.79 Å². The molecule has 0 aromatic heterocycles. The van der Waals surface area contributed by atoms with E-state index in [1.54, 1.807) is 0 Å². The number of hydrogen-bond donors (Lipinski definition) is 2. The monoisotopic (exact) mass is 241 g/mol. The minimum Gasteiger partial charge on any atom is -0.352 e. The van der Waals surface area contributed by atoms with Gasteiger partial charge < -0.3 is 15.5 Å². The van der Waals surface area contributed by atoms with Crippen LogP contribution in [0.3, 0.4) is 0 Å². The Kier molecular flexibility index (Phi) is 6.52.